The van der Waals surface area contributed by atoms with Gasteiger partial charge in [-0.3, -0.25) is 4.90 Å². The molecule has 206 valence electrons. The van der Waals surface area contributed by atoms with Gasteiger partial charge in [-0.25, -0.2) is 15.0 Å². The third-order valence-corrected chi connectivity index (χ3v) is 9.24. The van der Waals surface area contributed by atoms with Gasteiger partial charge in [0.05, 0.1) is 18.4 Å². The molecule has 1 aromatic carbocycles. The maximum absolute atomic E-state index is 12.9. The monoisotopic (exact) mass is 581 g/mol. The number of nitriles is 1. The number of thiazole rings is 1. The van der Waals surface area contributed by atoms with Gasteiger partial charge in [-0.15, -0.1) is 22.7 Å². The van der Waals surface area contributed by atoms with E-state index in [4.69, 9.17) is 0 Å². The molecule has 0 atom stereocenters. The molecule has 0 radical (unpaired) electrons. The quantitative estimate of drug-likeness (QED) is 0.236. The number of alkyl halides is 3. The van der Waals surface area contributed by atoms with Crippen molar-refractivity contribution < 1.29 is 13.2 Å². The van der Waals surface area contributed by atoms with Gasteiger partial charge in [0.1, 0.15) is 33.7 Å². The van der Waals surface area contributed by atoms with Crippen LogP contribution in [0.4, 0.5) is 19.0 Å². The molecule has 0 aliphatic carbocycles. The minimum atomic E-state index is -4.25. The fourth-order valence-corrected chi connectivity index (χ4v) is 7.03. The fourth-order valence-electron chi connectivity index (χ4n) is 5.40. The highest BCUT2D eigenvalue weighted by atomic mass is 32.1. The van der Waals surface area contributed by atoms with Crippen molar-refractivity contribution in [1.82, 2.24) is 24.4 Å². The lowest BCUT2D eigenvalue weighted by atomic mass is 10.0. The molecule has 0 bridgehead atoms. The summed E-state index contributed by atoms with van der Waals surface area (Å²) in [6.45, 7) is 5.30. The maximum atomic E-state index is 12.9. The van der Waals surface area contributed by atoms with Crippen molar-refractivity contribution in [3.05, 3.63) is 68.9 Å². The standard InChI is InChI=1S/C28H26F3N7S2/c1-17-18(2-3-24-22(17)10-20(13-32)38(24)15-25-33-6-9-39-25)14-37-7-4-19(5-8-37)36-26-23-11-21(12-28(29,30)31)40-27(23)35-16-34-26/h2-3,6,9-11,16,19H,4-5,7-8,12,14-15H2,1H3,(H,34,35,36). The number of hydrogen-bond donors (Lipinski definition) is 1. The molecule has 1 N–H and O–H groups in total. The largest absolute Gasteiger partial charge is 0.393 e. The summed E-state index contributed by atoms with van der Waals surface area (Å²) in [7, 11) is 0. The van der Waals surface area contributed by atoms with Gasteiger partial charge in [-0.1, -0.05) is 6.07 Å². The highest BCUT2D eigenvalue weighted by molar-refractivity contribution is 7.18. The summed E-state index contributed by atoms with van der Waals surface area (Å²) in [6, 6.07) is 10.3. The number of thiophene rings is 1. The van der Waals surface area contributed by atoms with Crippen molar-refractivity contribution >= 4 is 49.6 Å². The molecular weight excluding hydrogens is 555 g/mol. The van der Waals surface area contributed by atoms with E-state index in [-0.39, 0.29) is 10.9 Å². The Kier molecular flexibility index (Phi) is 7.20. The van der Waals surface area contributed by atoms with E-state index in [1.165, 1.54) is 17.5 Å². The number of piperidine rings is 1. The fraction of sp³-hybridized carbons (Fsp3) is 0.357. The van der Waals surface area contributed by atoms with Crippen LogP contribution in [0.3, 0.4) is 0 Å². The average molecular weight is 582 g/mol. The Morgan fingerprint density at radius 2 is 1.93 bits per heavy atom. The number of halogens is 3. The van der Waals surface area contributed by atoms with Crippen molar-refractivity contribution in [1.29, 1.82) is 5.26 Å². The lowest BCUT2D eigenvalue weighted by Crippen LogP contribution is -2.39. The average Bonchev–Trinajstić information content (AvgIpc) is 3.66. The number of rotatable bonds is 7. The number of hydrogen-bond acceptors (Lipinski definition) is 8. The number of benzene rings is 1. The summed E-state index contributed by atoms with van der Waals surface area (Å²) < 4.78 is 40.7. The van der Waals surface area contributed by atoms with Crippen molar-refractivity contribution in [3.63, 3.8) is 0 Å². The third kappa shape index (κ3) is 5.54. The SMILES string of the molecule is Cc1c(CN2CCC(Nc3ncnc4sc(CC(F)(F)F)cc34)CC2)ccc2c1cc(C#N)n2Cc1nccs1. The van der Waals surface area contributed by atoms with E-state index in [2.05, 4.69) is 50.3 Å². The molecule has 0 amide bonds. The van der Waals surface area contributed by atoms with Gasteiger partial charge in [0.15, 0.2) is 0 Å². The molecule has 6 rings (SSSR count). The Labute approximate surface area is 236 Å². The van der Waals surface area contributed by atoms with Crippen LogP contribution in [-0.4, -0.2) is 49.7 Å². The van der Waals surface area contributed by atoms with Crippen LogP contribution in [0.25, 0.3) is 21.1 Å². The summed E-state index contributed by atoms with van der Waals surface area (Å²) in [5.74, 6) is 0.602. The van der Waals surface area contributed by atoms with E-state index in [1.807, 2.05) is 16.0 Å². The molecule has 7 nitrogen and oxygen atoms in total. The number of fused-ring (bicyclic) bond motifs is 2. The van der Waals surface area contributed by atoms with Gasteiger partial charge in [0, 0.05) is 53.0 Å². The second-order valence-corrected chi connectivity index (χ2v) is 12.2. The van der Waals surface area contributed by atoms with Crippen LogP contribution in [0, 0.1) is 18.3 Å². The zero-order valence-electron chi connectivity index (χ0n) is 21.7. The van der Waals surface area contributed by atoms with E-state index in [0.29, 0.717) is 28.3 Å². The van der Waals surface area contributed by atoms with Crippen LogP contribution in [0.2, 0.25) is 0 Å². The molecule has 12 heteroatoms. The Morgan fingerprint density at radius 3 is 2.65 bits per heavy atom. The normalized spacial score (nSPS) is 15.2. The van der Waals surface area contributed by atoms with Crippen LogP contribution in [0.15, 0.2) is 42.2 Å². The van der Waals surface area contributed by atoms with Gasteiger partial charge in [0.2, 0.25) is 0 Å². The molecule has 1 saturated heterocycles. The highest BCUT2D eigenvalue weighted by Gasteiger charge is 2.29. The molecule has 4 aromatic heterocycles. The molecule has 0 unspecified atom stereocenters. The van der Waals surface area contributed by atoms with Crippen molar-refractivity contribution in [2.75, 3.05) is 18.4 Å². The zero-order chi connectivity index (χ0) is 27.9. The van der Waals surface area contributed by atoms with Crippen LogP contribution < -0.4 is 5.32 Å². The number of likely N-dealkylation sites (tertiary alicyclic amines) is 1. The van der Waals surface area contributed by atoms with Crippen LogP contribution in [0.1, 0.15) is 39.5 Å². The molecule has 40 heavy (non-hydrogen) atoms. The van der Waals surface area contributed by atoms with Crippen molar-refractivity contribution in [3.8, 4) is 6.07 Å². The van der Waals surface area contributed by atoms with E-state index in [1.54, 1.807) is 23.6 Å². The van der Waals surface area contributed by atoms with Gasteiger partial charge in [0.25, 0.3) is 0 Å². The Hall–Kier alpha value is -3.53. The van der Waals surface area contributed by atoms with Crippen LogP contribution in [-0.2, 0) is 19.5 Å². The first-order chi connectivity index (χ1) is 19.3. The molecule has 1 aliphatic heterocycles. The molecule has 0 spiro atoms. The second kappa shape index (κ2) is 10.8. The second-order valence-electron chi connectivity index (χ2n) is 10.1. The number of anilines is 1. The van der Waals surface area contributed by atoms with Gasteiger partial charge in [-0.2, -0.15) is 18.4 Å². The summed E-state index contributed by atoms with van der Waals surface area (Å²) >= 11 is 2.65. The smallest absolute Gasteiger partial charge is 0.367 e. The van der Waals surface area contributed by atoms with E-state index in [0.717, 1.165) is 59.7 Å². The number of aryl methyl sites for hydroxylation is 1. The molecule has 1 aliphatic rings. The Bertz CT molecular complexity index is 1690. The molecule has 5 aromatic rings. The zero-order valence-corrected chi connectivity index (χ0v) is 23.3. The highest BCUT2D eigenvalue weighted by Crippen LogP contribution is 2.33. The molecule has 0 saturated carbocycles. The third-order valence-electron chi connectivity index (χ3n) is 7.44. The van der Waals surface area contributed by atoms with Gasteiger partial charge < -0.3 is 9.88 Å². The maximum Gasteiger partial charge on any atom is 0.393 e. The van der Waals surface area contributed by atoms with Crippen LogP contribution in [0.5, 0.6) is 0 Å². The molecular formula is C28H26F3N7S2. The number of nitrogens with one attached hydrogen (secondary N) is 1. The predicted molar refractivity (Wildman–Crippen MR) is 152 cm³/mol. The Balaban J connectivity index is 1.12. The first-order valence-corrected chi connectivity index (χ1v) is 14.7. The van der Waals surface area contributed by atoms with Crippen LogP contribution >= 0.6 is 22.7 Å². The number of aromatic nitrogens is 4. The van der Waals surface area contributed by atoms with E-state index < -0.39 is 12.6 Å². The number of nitrogens with zero attached hydrogens (tertiary/aromatic N) is 6. The summed E-state index contributed by atoms with van der Waals surface area (Å²) in [5, 5.41) is 17.9. The molecule has 1 fully saturated rings. The summed E-state index contributed by atoms with van der Waals surface area (Å²) in [4.78, 5) is 16.1. The van der Waals surface area contributed by atoms with Crippen molar-refractivity contribution in [2.24, 2.45) is 0 Å². The van der Waals surface area contributed by atoms with E-state index in [9.17, 15) is 18.4 Å². The van der Waals surface area contributed by atoms with Crippen molar-refractivity contribution in [2.45, 2.75) is 51.5 Å². The lowest BCUT2D eigenvalue weighted by molar-refractivity contribution is -0.126. The minimum absolute atomic E-state index is 0.182. The first kappa shape index (κ1) is 26.7. The Morgan fingerprint density at radius 1 is 1.10 bits per heavy atom. The summed E-state index contributed by atoms with van der Waals surface area (Å²) in [6.07, 6.45) is -0.212. The minimum Gasteiger partial charge on any atom is -0.367 e. The lowest BCUT2D eigenvalue weighted by Gasteiger charge is -2.33. The summed E-state index contributed by atoms with van der Waals surface area (Å²) in [5.41, 5.74) is 4.09. The topological polar surface area (TPSA) is 82.7 Å². The predicted octanol–water partition coefficient (Wildman–Crippen LogP) is 6.51. The molecule has 5 heterocycles. The first-order valence-electron chi connectivity index (χ1n) is 13.0. The van der Waals surface area contributed by atoms with Gasteiger partial charge in [-0.05, 0) is 49.1 Å². The van der Waals surface area contributed by atoms with E-state index >= 15 is 0 Å². The van der Waals surface area contributed by atoms with Gasteiger partial charge >= 0.3 is 6.18 Å².